The Morgan fingerprint density at radius 1 is 1.07 bits per heavy atom. The van der Waals surface area contributed by atoms with E-state index in [1.54, 1.807) is 12.1 Å². The number of nitrogens with two attached hydrogens (primary N) is 1. The second-order valence-corrected chi connectivity index (χ2v) is 6.45. The first-order chi connectivity index (χ1) is 12.1. The van der Waals surface area contributed by atoms with Crippen LogP contribution in [-0.2, 0) is 0 Å². The van der Waals surface area contributed by atoms with E-state index in [1.807, 2.05) is 23.1 Å². The quantitative estimate of drug-likeness (QED) is 0.741. The van der Waals surface area contributed by atoms with E-state index in [1.165, 1.54) is 12.8 Å². The summed E-state index contributed by atoms with van der Waals surface area (Å²) < 4.78 is 5.32. The number of nitrogens with zero attached hydrogens (tertiary/aromatic N) is 2. The van der Waals surface area contributed by atoms with Gasteiger partial charge in [0.1, 0.15) is 5.75 Å². The summed E-state index contributed by atoms with van der Waals surface area (Å²) in [6.07, 6.45) is 0.908. The Labute approximate surface area is 177 Å². The zero-order valence-electron chi connectivity index (χ0n) is 15.1. The van der Waals surface area contributed by atoms with Crippen molar-refractivity contribution in [2.45, 2.75) is 6.42 Å². The normalized spacial score (nSPS) is 13.9. The van der Waals surface area contributed by atoms with Crippen LogP contribution in [0.3, 0.4) is 0 Å². The Morgan fingerprint density at radius 2 is 1.78 bits per heavy atom. The van der Waals surface area contributed by atoms with Gasteiger partial charge in [-0.15, -0.1) is 24.8 Å². The lowest BCUT2D eigenvalue weighted by atomic mass is 10.1. The van der Waals surface area contributed by atoms with E-state index in [2.05, 4.69) is 17.0 Å². The second-order valence-electron chi connectivity index (χ2n) is 6.04. The van der Waals surface area contributed by atoms with Gasteiger partial charge in [-0.3, -0.25) is 4.79 Å². The minimum absolute atomic E-state index is 0. The van der Waals surface area contributed by atoms with Crippen molar-refractivity contribution in [3.63, 3.8) is 0 Å². The minimum Gasteiger partial charge on any atom is -0.496 e. The summed E-state index contributed by atoms with van der Waals surface area (Å²) in [6.45, 7) is 3.07. The van der Waals surface area contributed by atoms with E-state index in [4.69, 9.17) is 22.1 Å². The highest BCUT2D eigenvalue weighted by atomic mass is 35.5. The lowest BCUT2D eigenvalue weighted by Crippen LogP contribution is -2.35. The molecule has 1 saturated heterocycles. The number of nitrogen functional groups attached to an aromatic ring is 1. The average Bonchev–Trinajstić information content (AvgIpc) is 2.90. The van der Waals surface area contributed by atoms with Crippen LogP contribution in [0, 0.1) is 0 Å². The molecule has 1 amide bonds. The number of ether oxygens (including phenoxy) is 1. The van der Waals surface area contributed by atoms with Crippen LogP contribution in [-0.4, -0.2) is 44.1 Å². The number of hydrogen-bond acceptors (Lipinski definition) is 4. The first kappa shape index (κ1) is 23.2. The maximum absolute atomic E-state index is 13.0. The van der Waals surface area contributed by atoms with Gasteiger partial charge in [0.25, 0.3) is 5.91 Å². The van der Waals surface area contributed by atoms with Gasteiger partial charge in [0, 0.05) is 37.9 Å². The van der Waals surface area contributed by atoms with E-state index >= 15 is 0 Å². The lowest BCUT2D eigenvalue weighted by molar-refractivity contribution is 0.0763. The molecule has 5 nitrogen and oxygen atoms in total. The molecule has 0 aromatic heterocycles. The number of anilines is 2. The highest BCUT2D eigenvalue weighted by Gasteiger charge is 2.23. The summed E-state index contributed by atoms with van der Waals surface area (Å²) in [6, 6.07) is 13.5. The minimum atomic E-state index is -0.0753. The number of para-hydroxylation sites is 1. The fourth-order valence-corrected chi connectivity index (χ4v) is 3.26. The van der Waals surface area contributed by atoms with E-state index in [9.17, 15) is 4.79 Å². The predicted octanol–water partition coefficient (Wildman–Crippen LogP) is 4.13. The van der Waals surface area contributed by atoms with Crippen LogP contribution in [0.15, 0.2) is 42.5 Å². The van der Waals surface area contributed by atoms with Crippen LogP contribution >= 0.6 is 36.4 Å². The molecule has 0 aliphatic carbocycles. The van der Waals surface area contributed by atoms with Crippen molar-refractivity contribution >= 4 is 53.7 Å². The number of hydrogen-bond donors (Lipinski definition) is 1. The van der Waals surface area contributed by atoms with Gasteiger partial charge >= 0.3 is 0 Å². The van der Waals surface area contributed by atoms with Crippen molar-refractivity contribution in [1.29, 1.82) is 0 Å². The van der Waals surface area contributed by atoms with Gasteiger partial charge in [-0.1, -0.05) is 29.8 Å². The van der Waals surface area contributed by atoms with Crippen molar-refractivity contribution in [2.24, 2.45) is 0 Å². The lowest BCUT2D eigenvalue weighted by Gasteiger charge is -2.24. The van der Waals surface area contributed by atoms with Crippen molar-refractivity contribution in [1.82, 2.24) is 4.90 Å². The summed E-state index contributed by atoms with van der Waals surface area (Å²) in [5, 5.41) is 0.366. The van der Waals surface area contributed by atoms with Gasteiger partial charge in [-0.2, -0.15) is 0 Å². The number of halogens is 3. The summed E-state index contributed by atoms with van der Waals surface area (Å²) in [7, 11) is 1.53. The fraction of sp³-hybridized carbons (Fsp3) is 0.316. The number of amides is 1. The molecular weight excluding hydrogens is 409 g/mol. The monoisotopic (exact) mass is 431 g/mol. The van der Waals surface area contributed by atoms with Crippen molar-refractivity contribution in [3.8, 4) is 5.75 Å². The summed E-state index contributed by atoms with van der Waals surface area (Å²) in [5.41, 5.74) is 7.85. The number of carbonyl (C=O) groups is 1. The molecule has 0 bridgehead atoms. The highest BCUT2D eigenvalue weighted by Crippen LogP contribution is 2.30. The Hall–Kier alpha value is -1.82. The molecule has 0 spiro atoms. The van der Waals surface area contributed by atoms with Gasteiger partial charge in [0.2, 0.25) is 0 Å². The second kappa shape index (κ2) is 10.5. The van der Waals surface area contributed by atoms with E-state index in [-0.39, 0.29) is 30.7 Å². The molecule has 2 aromatic rings. The first-order valence-electron chi connectivity index (χ1n) is 8.32. The van der Waals surface area contributed by atoms with E-state index in [0.717, 1.165) is 19.5 Å². The Bertz CT molecular complexity index is 759. The van der Waals surface area contributed by atoms with Crippen LogP contribution in [0.2, 0.25) is 5.02 Å². The standard InChI is InChI=1S/C19H22ClN3O2.2ClH/c1-25-18-13-17(21)16(20)12-15(18)19(24)23-9-5-8-22(10-11-23)14-6-3-2-4-7-14;;/h2-4,6-7,12-13H,5,8-11,21H2,1H3;2*1H. The van der Waals surface area contributed by atoms with Crippen LogP contribution in [0.1, 0.15) is 16.8 Å². The zero-order valence-corrected chi connectivity index (χ0v) is 17.4. The Balaban J connectivity index is 0.00000182. The zero-order chi connectivity index (χ0) is 17.8. The molecule has 148 valence electrons. The summed E-state index contributed by atoms with van der Waals surface area (Å²) in [4.78, 5) is 17.1. The third-order valence-electron chi connectivity index (χ3n) is 4.45. The van der Waals surface area contributed by atoms with E-state index in [0.29, 0.717) is 35.1 Å². The molecule has 1 aliphatic heterocycles. The molecule has 0 radical (unpaired) electrons. The van der Waals surface area contributed by atoms with Crippen LogP contribution in [0.4, 0.5) is 11.4 Å². The molecule has 0 saturated carbocycles. The number of carbonyl (C=O) groups excluding carboxylic acids is 1. The molecule has 27 heavy (non-hydrogen) atoms. The topological polar surface area (TPSA) is 58.8 Å². The van der Waals surface area contributed by atoms with E-state index < -0.39 is 0 Å². The van der Waals surface area contributed by atoms with Gasteiger partial charge in [0.15, 0.2) is 0 Å². The number of rotatable bonds is 3. The van der Waals surface area contributed by atoms with Crippen LogP contribution in [0.5, 0.6) is 5.75 Å². The largest absolute Gasteiger partial charge is 0.496 e. The molecule has 3 rings (SSSR count). The van der Waals surface area contributed by atoms with Gasteiger partial charge in [0.05, 0.1) is 23.4 Å². The molecular formula is C19H24Cl3N3O2. The molecule has 0 unspecified atom stereocenters. The molecule has 1 heterocycles. The molecule has 1 aliphatic rings. The molecule has 0 atom stereocenters. The van der Waals surface area contributed by atoms with Crippen molar-refractivity contribution in [3.05, 3.63) is 53.1 Å². The fourth-order valence-electron chi connectivity index (χ4n) is 3.09. The SMILES string of the molecule is COc1cc(N)c(Cl)cc1C(=O)N1CCCN(c2ccccc2)CC1.Cl.Cl. The van der Waals surface area contributed by atoms with Crippen LogP contribution < -0.4 is 15.4 Å². The molecule has 2 N–H and O–H groups in total. The third kappa shape index (κ3) is 5.34. The van der Waals surface area contributed by atoms with Gasteiger partial charge in [-0.25, -0.2) is 0 Å². The maximum atomic E-state index is 13.0. The Kier molecular flexibility index (Phi) is 9.03. The predicted molar refractivity (Wildman–Crippen MR) is 116 cm³/mol. The molecule has 1 fully saturated rings. The first-order valence-corrected chi connectivity index (χ1v) is 8.70. The van der Waals surface area contributed by atoms with Crippen LogP contribution in [0.25, 0.3) is 0 Å². The molecule has 2 aromatic carbocycles. The highest BCUT2D eigenvalue weighted by molar-refractivity contribution is 6.33. The summed E-state index contributed by atoms with van der Waals surface area (Å²) in [5.74, 6) is 0.379. The summed E-state index contributed by atoms with van der Waals surface area (Å²) >= 11 is 6.10. The average molecular weight is 433 g/mol. The number of benzene rings is 2. The third-order valence-corrected chi connectivity index (χ3v) is 4.78. The maximum Gasteiger partial charge on any atom is 0.257 e. The van der Waals surface area contributed by atoms with Gasteiger partial charge in [-0.05, 0) is 24.6 Å². The van der Waals surface area contributed by atoms with Gasteiger partial charge < -0.3 is 20.3 Å². The van der Waals surface area contributed by atoms with Crippen molar-refractivity contribution < 1.29 is 9.53 Å². The van der Waals surface area contributed by atoms with Crippen molar-refractivity contribution in [2.75, 3.05) is 43.9 Å². The Morgan fingerprint density at radius 3 is 2.44 bits per heavy atom. The smallest absolute Gasteiger partial charge is 0.257 e. The number of methoxy groups -OCH3 is 1. The molecule has 8 heteroatoms.